The number of likely N-dealkylation sites (tertiary alicyclic amines) is 1. The van der Waals surface area contributed by atoms with Crippen LogP contribution in [0, 0.1) is 0 Å². The maximum Gasteiger partial charge on any atom is 0.328 e. The number of unbranched alkanes of at least 4 members (excludes halogenated alkanes) is 2. The predicted molar refractivity (Wildman–Crippen MR) is 172 cm³/mol. The van der Waals surface area contributed by atoms with Crippen LogP contribution in [0.4, 0.5) is 0 Å². The van der Waals surface area contributed by atoms with Crippen molar-refractivity contribution >= 4 is 47.4 Å². The van der Waals surface area contributed by atoms with Crippen LogP contribution < -0.4 is 43.8 Å². The van der Waals surface area contributed by atoms with Gasteiger partial charge in [0.15, 0.2) is 0 Å². The number of hydrogen-bond acceptors (Lipinski definition) is 12. The predicted octanol–water partition coefficient (Wildman–Crippen LogP) is -4.81. The molecule has 20 heteroatoms. The maximum atomic E-state index is 13.2. The third-order valence-corrected chi connectivity index (χ3v) is 7.70. The number of carbonyl (C=O) groups is 8. The Balaban J connectivity index is 2.80. The Labute approximate surface area is 283 Å². The number of aliphatic hydroxyl groups excluding tert-OH is 1. The quantitative estimate of drug-likeness (QED) is 0.0421. The molecular formula is C29H51N9O11. The first-order valence-corrected chi connectivity index (χ1v) is 16.2. The summed E-state index contributed by atoms with van der Waals surface area (Å²) in [5.41, 5.74) is 16.9. The second kappa shape index (κ2) is 23.0. The van der Waals surface area contributed by atoms with E-state index >= 15 is 0 Å². The maximum absolute atomic E-state index is 13.2. The molecule has 0 aromatic carbocycles. The zero-order chi connectivity index (χ0) is 36.9. The molecule has 0 aliphatic carbocycles. The number of carboxylic acid groups (broad SMARTS) is 2. The molecule has 1 saturated heterocycles. The highest BCUT2D eigenvalue weighted by Gasteiger charge is 2.36. The van der Waals surface area contributed by atoms with Crippen molar-refractivity contribution in [3.63, 3.8) is 0 Å². The fraction of sp³-hybridized carbons (Fsp3) is 0.724. The zero-order valence-corrected chi connectivity index (χ0v) is 27.5. The van der Waals surface area contributed by atoms with Crippen LogP contribution in [0.25, 0.3) is 0 Å². The zero-order valence-electron chi connectivity index (χ0n) is 27.5. The highest BCUT2D eigenvalue weighted by atomic mass is 16.4. The number of hydrogen-bond donors (Lipinski definition) is 11. The smallest absolute Gasteiger partial charge is 0.328 e. The summed E-state index contributed by atoms with van der Waals surface area (Å²) in [5, 5.41) is 39.1. The number of carboxylic acids is 2. The fourth-order valence-corrected chi connectivity index (χ4v) is 4.90. The van der Waals surface area contributed by atoms with E-state index < -0.39 is 97.3 Å². The molecule has 0 radical (unpaired) electrons. The van der Waals surface area contributed by atoms with Crippen molar-refractivity contribution in [3.05, 3.63) is 0 Å². The summed E-state index contributed by atoms with van der Waals surface area (Å²) in [6.45, 7) is -1.07. The Hall–Kier alpha value is -4.40. The summed E-state index contributed by atoms with van der Waals surface area (Å²) >= 11 is 0. The minimum Gasteiger partial charge on any atom is -0.481 e. The van der Waals surface area contributed by atoms with Crippen molar-refractivity contribution in [2.45, 2.75) is 94.4 Å². The molecule has 0 aromatic heterocycles. The molecule has 1 aliphatic heterocycles. The third kappa shape index (κ3) is 16.0. The normalized spacial score (nSPS) is 16.4. The second-order valence-electron chi connectivity index (χ2n) is 11.6. The Morgan fingerprint density at radius 1 is 0.735 bits per heavy atom. The minimum atomic E-state index is -1.54. The molecular weight excluding hydrogens is 650 g/mol. The summed E-state index contributed by atoms with van der Waals surface area (Å²) in [4.78, 5) is 99.8. The molecule has 0 aromatic rings. The van der Waals surface area contributed by atoms with E-state index in [-0.39, 0.29) is 38.6 Å². The van der Waals surface area contributed by atoms with Gasteiger partial charge in [0.1, 0.15) is 24.2 Å². The van der Waals surface area contributed by atoms with Gasteiger partial charge in [-0.1, -0.05) is 0 Å². The average Bonchev–Trinajstić information content (AvgIpc) is 3.56. The molecule has 1 heterocycles. The van der Waals surface area contributed by atoms with E-state index in [1.54, 1.807) is 0 Å². The van der Waals surface area contributed by atoms with Crippen LogP contribution >= 0.6 is 0 Å². The van der Waals surface area contributed by atoms with Crippen LogP contribution in [0.15, 0.2) is 0 Å². The minimum absolute atomic E-state index is 0.147. The number of nitrogens with one attached hydrogen (secondary N) is 5. The molecule has 5 atom stereocenters. The van der Waals surface area contributed by atoms with Gasteiger partial charge in [-0.05, 0) is 70.9 Å². The van der Waals surface area contributed by atoms with Gasteiger partial charge in [0, 0.05) is 13.0 Å². The topological polar surface area (TPSA) is 339 Å². The van der Waals surface area contributed by atoms with Gasteiger partial charge in [0.25, 0.3) is 0 Å². The summed E-state index contributed by atoms with van der Waals surface area (Å²) in [6.07, 6.45) is 2.49. The van der Waals surface area contributed by atoms with Crippen LogP contribution in [0.3, 0.4) is 0 Å². The van der Waals surface area contributed by atoms with Gasteiger partial charge >= 0.3 is 11.9 Å². The lowest BCUT2D eigenvalue weighted by molar-refractivity contribution is -0.145. The third-order valence-electron chi connectivity index (χ3n) is 7.70. The van der Waals surface area contributed by atoms with Crippen LogP contribution in [0.1, 0.15) is 64.2 Å². The fourth-order valence-electron chi connectivity index (χ4n) is 4.90. The number of rotatable bonds is 24. The number of aliphatic hydroxyl groups is 1. The number of nitrogens with two attached hydrogens (primary N) is 3. The van der Waals surface area contributed by atoms with Crippen molar-refractivity contribution in [2.75, 3.05) is 39.3 Å². The van der Waals surface area contributed by atoms with E-state index in [4.69, 9.17) is 32.5 Å². The molecule has 0 saturated carbocycles. The van der Waals surface area contributed by atoms with E-state index in [0.29, 0.717) is 45.2 Å². The van der Waals surface area contributed by atoms with E-state index in [2.05, 4.69) is 26.6 Å². The highest BCUT2D eigenvalue weighted by molar-refractivity contribution is 5.95. The monoisotopic (exact) mass is 701 g/mol. The molecule has 1 rings (SSSR count). The average molecular weight is 702 g/mol. The number of amides is 6. The first kappa shape index (κ1) is 42.6. The molecule has 49 heavy (non-hydrogen) atoms. The second-order valence-corrected chi connectivity index (χ2v) is 11.6. The van der Waals surface area contributed by atoms with Gasteiger partial charge in [0.2, 0.25) is 35.4 Å². The van der Waals surface area contributed by atoms with E-state index in [1.807, 2.05) is 0 Å². The Morgan fingerprint density at radius 3 is 1.88 bits per heavy atom. The van der Waals surface area contributed by atoms with Gasteiger partial charge in [-0.2, -0.15) is 0 Å². The summed E-state index contributed by atoms with van der Waals surface area (Å²) in [7, 11) is 0. The van der Waals surface area contributed by atoms with E-state index in [0.717, 1.165) is 0 Å². The van der Waals surface area contributed by atoms with Crippen LogP contribution in [0.5, 0.6) is 0 Å². The van der Waals surface area contributed by atoms with Gasteiger partial charge < -0.3 is 64.0 Å². The lowest BCUT2D eigenvalue weighted by Crippen LogP contribution is -2.56. The van der Waals surface area contributed by atoms with Gasteiger partial charge in [0.05, 0.1) is 25.7 Å². The lowest BCUT2D eigenvalue weighted by atomic mass is 10.0. The SMILES string of the molecule is NCCCC[C@H](NC(=O)[C@H](CCCCN)NC(=O)[C@@H](N)CCC(=O)O)C(=O)NCC(=O)NCC(=O)N1CCC[C@H]1C(=O)N[C@@H](CO)C(=O)O. The van der Waals surface area contributed by atoms with Crippen molar-refractivity contribution in [2.24, 2.45) is 17.2 Å². The molecule has 14 N–H and O–H groups in total. The van der Waals surface area contributed by atoms with Crippen LogP contribution in [-0.4, -0.2) is 137 Å². The van der Waals surface area contributed by atoms with Gasteiger partial charge in [-0.3, -0.25) is 33.6 Å². The summed E-state index contributed by atoms with van der Waals surface area (Å²) in [5.74, 6) is -6.85. The van der Waals surface area contributed by atoms with Gasteiger partial charge in [-0.25, -0.2) is 4.79 Å². The first-order chi connectivity index (χ1) is 23.2. The Kier molecular flexibility index (Phi) is 20.0. The molecule has 1 aliphatic rings. The molecule has 20 nitrogen and oxygen atoms in total. The lowest BCUT2D eigenvalue weighted by Gasteiger charge is -2.25. The summed E-state index contributed by atoms with van der Waals surface area (Å²) < 4.78 is 0. The van der Waals surface area contributed by atoms with Crippen molar-refractivity contribution < 1.29 is 53.7 Å². The molecule has 0 unspecified atom stereocenters. The first-order valence-electron chi connectivity index (χ1n) is 16.2. The standard InChI is InChI=1S/C29H51N9O11/c30-11-3-1-6-18(36-27(46)19(7-2-4-12-31)35-25(44)17(32)9-10-24(42)43)26(45)34-14-22(40)33-15-23(41)38-13-5-8-21(38)28(47)37-20(16-39)29(48)49/h17-21,39H,1-16,30-32H2,(H,33,40)(H,34,45)(H,35,44)(H,36,46)(H,37,47)(H,42,43)(H,48,49)/t17-,18-,19-,20-,21-/m0/s1. The molecule has 0 spiro atoms. The molecule has 6 amide bonds. The van der Waals surface area contributed by atoms with E-state index in [9.17, 15) is 38.4 Å². The Morgan fingerprint density at radius 2 is 1.33 bits per heavy atom. The number of carbonyl (C=O) groups excluding carboxylic acids is 6. The van der Waals surface area contributed by atoms with E-state index in [1.165, 1.54) is 4.90 Å². The van der Waals surface area contributed by atoms with Crippen molar-refractivity contribution in [1.82, 2.24) is 31.5 Å². The largest absolute Gasteiger partial charge is 0.481 e. The van der Waals surface area contributed by atoms with Crippen molar-refractivity contribution in [1.29, 1.82) is 0 Å². The van der Waals surface area contributed by atoms with Gasteiger partial charge in [-0.15, -0.1) is 0 Å². The molecule has 1 fully saturated rings. The van der Waals surface area contributed by atoms with Crippen molar-refractivity contribution in [3.8, 4) is 0 Å². The Bertz CT molecular complexity index is 1160. The highest BCUT2D eigenvalue weighted by Crippen LogP contribution is 2.17. The number of nitrogens with zero attached hydrogens (tertiary/aromatic N) is 1. The summed E-state index contributed by atoms with van der Waals surface area (Å²) in [6, 6.07) is -5.93. The molecule has 278 valence electrons. The molecule has 0 bridgehead atoms. The van der Waals surface area contributed by atoms with Crippen LogP contribution in [-0.2, 0) is 38.4 Å². The van der Waals surface area contributed by atoms with Crippen LogP contribution in [0.2, 0.25) is 0 Å². The number of aliphatic carboxylic acids is 2.